The summed E-state index contributed by atoms with van der Waals surface area (Å²) in [5.74, 6) is -0.850. The van der Waals surface area contributed by atoms with Crippen LogP contribution in [-0.2, 0) is 17.5 Å². The van der Waals surface area contributed by atoms with Crippen molar-refractivity contribution in [2.45, 2.75) is 19.1 Å². The monoisotopic (exact) mass is 374 g/mol. The first-order valence-electron chi connectivity index (χ1n) is 7.38. The minimum absolute atomic E-state index is 0.00102. The van der Waals surface area contributed by atoms with E-state index in [0.717, 1.165) is 18.2 Å². The van der Waals surface area contributed by atoms with Gasteiger partial charge in [-0.2, -0.15) is 13.2 Å². The van der Waals surface area contributed by atoms with Crippen LogP contribution in [-0.4, -0.2) is 12.5 Å². The van der Waals surface area contributed by atoms with Crippen LogP contribution in [0.3, 0.4) is 0 Å². The first-order chi connectivity index (χ1) is 11.8. The standard InChI is InChI=1S/C17H15ClF4N2O/c18-13-6-5-12(17(20,21)22)9-15(13)24-16(25)7-8-23-10-11-3-1-2-4-14(11)19/h1-6,9,23H,7-8,10H2,(H,24,25). The molecule has 25 heavy (non-hydrogen) atoms. The van der Waals surface area contributed by atoms with Crippen LogP contribution in [0.5, 0.6) is 0 Å². The molecule has 0 fully saturated rings. The van der Waals surface area contributed by atoms with E-state index in [0.29, 0.717) is 5.56 Å². The van der Waals surface area contributed by atoms with Gasteiger partial charge in [0.05, 0.1) is 16.3 Å². The zero-order valence-electron chi connectivity index (χ0n) is 13.0. The Morgan fingerprint density at radius 1 is 1.12 bits per heavy atom. The van der Waals surface area contributed by atoms with Crippen molar-refractivity contribution in [2.75, 3.05) is 11.9 Å². The minimum Gasteiger partial charge on any atom is -0.325 e. The average molecular weight is 375 g/mol. The van der Waals surface area contributed by atoms with Crippen molar-refractivity contribution in [2.24, 2.45) is 0 Å². The fourth-order valence-electron chi connectivity index (χ4n) is 2.08. The molecule has 1 amide bonds. The molecule has 0 spiro atoms. The highest BCUT2D eigenvalue weighted by Crippen LogP contribution is 2.33. The van der Waals surface area contributed by atoms with Crippen LogP contribution in [0.25, 0.3) is 0 Å². The Balaban J connectivity index is 1.85. The summed E-state index contributed by atoms with van der Waals surface area (Å²) in [5, 5.41) is 5.26. The van der Waals surface area contributed by atoms with Gasteiger partial charge in [0.25, 0.3) is 0 Å². The van der Waals surface area contributed by atoms with Crippen molar-refractivity contribution >= 4 is 23.2 Å². The predicted molar refractivity (Wildman–Crippen MR) is 87.8 cm³/mol. The molecule has 2 aromatic carbocycles. The first-order valence-corrected chi connectivity index (χ1v) is 7.76. The summed E-state index contributed by atoms with van der Waals surface area (Å²) < 4.78 is 51.5. The quantitative estimate of drug-likeness (QED) is 0.572. The van der Waals surface area contributed by atoms with Gasteiger partial charge in [0.2, 0.25) is 5.91 Å². The summed E-state index contributed by atoms with van der Waals surface area (Å²) in [4.78, 5) is 11.8. The van der Waals surface area contributed by atoms with Gasteiger partial charge in [-0.15, -0.1) is 0 Å². The lowest BCUT2D eigenvalue weighted by Gasteiger charge is -2.12. The Morgan fingerprint density at radius 3 is 2.52 bits per heavy atom. The van der Waals surface area contributed by atoms with Crippen molar-refractivity contribution < 1.29 is 22.4 Å². The molecule has 2 N–H and O–H groups in total. The molecule has 0 saturated heterocycles. The normalized spacial score (nSPS) is 11.4. The van der Waals surface area contributed by atoms with Crippen LogP contribution in [0.4, 0.5) is 23.2 Å². The fraction of sp³-hybridized carbons (Fsp3) is 0.235. The summed E-state index contributed by atoms with van der Waals surface area (Å²) >= 11 is 5.81. The number of anilines is 1. The van der Waals surface area contributed by atoms with Gasteiger partial charge in [0, 0.05) is 25.1 Å². The van der Waals surface area contributed by atoms with Gasteiger partial charge in [-0.1, -0.05) is 29.8 Å². The van der Waals surface area contributed by atoms with Crippen molar-refractivity contribution in [3.63, 3.8) is 0 Å². The summed E-state index contributed by atoms with van der Waals surface area (Å²) in [6.45, 7) is 0.473. The SMILES string of the molecule is O=C(CCNCc1ccccc1F)Nc1cc(C(F)(F)F)ccc1Cl. The number of alkyl halides is 3. The Morgan fingerprint density at radius 2 is 1.84 bits per heavy atom. The predicted octanol–water partition coefficient (Wildman–Crippen LogP) is 4.62. The largest absolute Gasteiger partial charge is 0.416 e. The lowest BCUT2D eigenvalue weighted by atomic mass is 10.2. The molecule has 8 heteroatoms. The van der Waals surface area contributed by atoms with E-state index in [1.165, 1.54) is 6.07 Å². The van der Waals surface area contributed by atoms with Crippen molar-refractivity contribution in [3.05, 3.63) is 64.4 Å². The zero-order valence-corrected chi connectivity index (χ0v) is 13.7. The molecule has 0 saturated carbocycles. The van der Waals surface area contributed by atoms with Crippen molar-refractivity contribution in [1.29, 1.82) is 0 Å². The maximum Gasteiger partial charge on any atom is 0.416 e. The number of benzene rings is 2. The van der Waals surface area contributed by atoms with E-state index >= 15 is 0 Å². The lowest BCUT2D eigenvalue weighted by Crippen LogP contribution is -2.22. The van der Waals surface area contributed by atoms with Gasteiger partial charge in [0.1, 0.15) is 5.82 Å². The van der Waals surface area contributed by atoms with Gasteiger partial charge in [0.15, 0.2) is 0 Å². The third-order valence-electron chi connectivity index (χ3n) is 3.37. The van der Waals surface area contributed by atoms with Crippen LogP contribution in [0.2, 0.25) is 5.02 Å². The third-order valence-corrected chi connectivity index (χ3v) is 3.70. The second-order valence-electron chi connectivity index (χ2n) is 5.26. The second kappa shape index (κ2) is 8.31. The molecule has 3 nitrogen and oxygen atoms in total. The number of nitrogens with one attached hydrogen (secondary N) is 2. The second-order valence-corrected chi connectivity index (χ2v) is 5.67. The Labute approximate surface area is 147 Å². The number of hydrogen-bond donors (Lipinski definition) is 2. The number of rotatable bonds is 6. The van der Waals surface area contributed by atoms with Crippen LogP contribution < -0.4 is 10.6 Å². The molecule has 0 bridgehead atoms. The van der Waals surface area contributed by atoms with E-state index in [1.807, 2.05) is 0 Å². The summed E-state index contributed by atoms with van der Waals surface area (Å²) in [6, 6.07) is 8.93. The molecule has 0 radical (unpaired) electrons. The molecule has 0 unspecified atom stereocenters. The van der Waals surface area contributed by atoms with E-state index in [-0.39, 0.29) is 36.0 Å². The van der Waals surface area contributed by atoms with Crippen LogP contribution in [0, 0.1) is 5.82 Å². The summed E-state index contributed by atoms with van der Waals surface area (Å²) in [7, 11) is 0. The van der Waals surface area contributed by atoms with Gasteiger partial charge >= 0.3 is 6.18 Å². The molecular weight excluding hydrogens is 360 g/mol. The topological polar surface area (TPSA) is 41.1 Å². The summed E-state index contributed by atoms with van der Waals surface area (Å²) in [5.41, 5.74) is -0.538. The Hall–Kier alpha value is -2.12. The smallest absolute Gasteiger partial charge is 0.325 e. The Kier molecular flexibility index (Phi) is 6.39. The Bertz CT molecular complexity index is 750. The molecule has 0 heterocycles. The molecular formula is C17H15ClF4N2O. The molecule has 0 atom stereocenters. The molecule has 2 aromatic rings. The third kappa shape index (κ3) is 5.72. The molecule has 0 aliphatic heterocycles. The molecule has 0 aromatic heterocycles. The maximum absolute atomic E-state index is 13.4. The fourth-order valence-corrected chi connectivity index (χ4v) is 2.24. The van der Waals surface area contributed by atoms with E-state index in [9.17, 15) is 22.4 Å². The van der Waals surface area contributed by atoms with Crippen LogP contribution >= 0.6 is 11.6 Å². The van der Waals surface area contributed by atoms with Crippen molar-refractivity contribution in [3.8, 4) is 0 Å². The van der Waals surface area contributed by atoms with Gasteiger partial charge < -0.3 is 10.6 Å². The summed E-state index contributed by atoms with van der Waals surface area (Å²) in [6.07, 6.45) is -4.52. The molecule has 0 aliphatic carbocycles. The van der Waals surface area contributed by atoms with E-state index < -0.39 is 17.6 Å². The maximum atomic E-state index is 13.4. The zero-order chi connectivity index (χ0) is 18.4. The van der Waals surface area contributed by atoms with Crippen LogP contribution in [0.1, 0.15) is 17.5 Å². The molecule has 134 valence electrons. The number of halogens is 5. The van der Waals surface area contributed by atoms with Gasteiger partial charge in [-0.05, 0) is 24.3 Å². The number of carbonyl (C=O) groups is 1. The van der Waals surface area contributed by atoms with Gasteiger partial charge in [-0.25, -0.2) is 4.39 Å². The number of carbonyl (C=O) groups excluding carboxylic acids is 1. The number of amides is 1. The number of hydrogen-bond acceptors (Lipinski definition) is 2. The average Bonchev–Trinajstić information content (AvgIpc) is 2.54. The lowest BCUT2D eigenvalue weighted by molar-refractivity contribution is -0.137. The van der Waals surface area contributed by atoms with Crippen molar-refractivity contribution in [1.82, 2.24) is 5.32 Å². The van der Waals surface area contributed by atoms with E-state index in [1.54, 1.807) is 18.2 Å². The molecule has 2 rings (SSSR count). The minimum atomic E-state index is -4.52. The molecule has 0 aliphatic rings. The highest BCUT2D eigenvalue weighted by molar-refractivity contribution is 6.33. The van der Waals surface area contributed by atoms with E-state index in [4.69, 9.17) is 11.6 Å². The van der Waals surface area contributed by atoms with E-state index in [2.05, 4.69) is 10.6 Å². The highest BCUT2D eigenvalue weighted by Gasteiger charge is 2.31. The highest BCUT2D eigenvalue weighted by atomic mass is 35.5. The van der Waals surface area contributed by atoms with Gasteiger partial charge in [-0.3, -0.25) is 4.79 Å². The van der Waals surface area contributed by atoms with Crippen LogP contribution in [0.15, 0.2) is 42.5 Å². The first kappa shape index (κ1) is 19.2.